The number of ether oxygens (including phenoxy) is 1. The third-order valence-corrected chi connectivity index (χ3v) is 5.64. The molecule has 1 heterocycles. The molecule has 0 unspecified atom stereocenters. The quantitative estimate of drug-likeness (QED) is 0.307. The van der Waals surface area contributed by atoms with Crippen molar-refractivity contribution in [3.63, 3.8) is 0 Å². The molecule has 11 nitrogen and oxygen atoms in total. The van der Waals surface area contributed by atoms with Crippen LogP contribution in [0.25, 0.3) is 0 Å². The Labute approximate surface area is 205 Å². The third-order valence-electron chi connectivity index (χ3n) is 5.64. The van der Waals surface area contributed by atoms with E-state index in [4.69, 9.17) is 10.5 Å². The summed E-state index contributed by atoms with van der Waals surface area (Å²) in [6.07, 6.45) is 0.684. The standard InChI is InChI=1S/C24H35N5O6/c1-4-26-21(31)15(2)27-22(32)16(3)28-23(33)19-11-8-12-29(19)24(34)18(25)13-20(30)35-14-17-9-6-5-7-10-17/h5-7,9-10,15-16,18-19H,4,8,11-14,25H2,1-3H3,(H,26,31)(H,27,32)(H,28,33)/t15-,16-,18-,19-/m0/s1. The van der Waals surface area contributed by atoms with E-state index in [-0.39, 0.29) is 18.9 Å². The number of hydrogen-bond donors (Lipinski definition) is 4. The molecule has 1 saturated heterocycles. The van der Waals surface area contributed by atoms with Gasteiger partial charge >= 0.3 is 5.97 Å². The van der Waals surface area contributed by atoms with E-state index in [2.05, 4.69) is 16.0 Å². The van der Waals surface area contributed by atoms with Crippen LogP contribution >= 0.6 is 0 Å². The van der Waals surface area contributed by atoms with Crippen molar-refractivity contribution in [2.75, 3.05) is 13.1 Å². The van der Waals surface area contributed by atoms with E-state index < -0.39 is 47.9 Å². The van der Waals surface area contributed by atoms with Gasteiger partial charge in [-0.2, -0.15) is 0 Å². The molecule has 0 saturated carbocycles. The van der Waals surface area contributed by atoms with Gasteiger partial charge < -0.3 is 31.3 Å². The van der Waals surface area contributed by atoms with Crippen molar-refractivity contribution in [2.45, 2.75) is 70.8 Å². The van der Waals surface area contributed by atoms with Crippen molar-refractivity contribution in [1.29, 1.82) is 0 Å². The Morgan fingerprint density at radius 2 is 1.71 bits per heavy atom. The summed E-state index contributed by atoms with van der Waals surface area (Å²) in [5.74, 6) is -2.49. The molecule has 4 amide bonds. The highest BCUT2D eigenvalue weighted by atomic mass is 16.5. The van der Waals surface area contributed by atoms with E-state index >= 15 is 0 Å². The molecule has 0 bridgehead atoms. The van der Waals surface area contributed by atoms with Crippen LogP contribution in [-0.4, -0.2) is 71.8 Å². The Morgan fingerprint density at radius 1 is 1.06 bits per heavy atom. The minimum atomic E-state index is -1.15. The van der Waals surface area contributed by atoms with Crippen LogP contribution in [0.3, 0.4) is 0 Å². The minimum Gasteiger partial charge on any atom is -0.461 e. The third kappa shape index (κ3) is 8.36. The summed E-state index contributed by atoms with van der Waals surface area (Å²) in [6, 6.07) is 5.50. The van der Waals surface area contributed by atoms with Crippen LogP contribution in [0.5, 0.6) is 0 Å². The molecule has 0 aliphatic carbocycles. The van der Waals surface area contributed by atoms with Crippen molar-refractivity contribution < 1.29 is 28.7 Å². The van der Waals surface area contributed by atoms with Crippen LogP contribution in [0.2, 0.25) is 0 Å². The fourth-order valence-corrected chi connectivity index (χ4v) is 3.69. The molecular weight excluding hydrogens is 454 g/mol. The number of nitrogens with zero attached hydrogens (tertiary/aromatic N) is 1. The smallest absolute Gasteiger partial charge is 0.308 e. The van der Waals surface area contributed by atoms with Crippen molar-refractivity contribution >= 4 is 29.6 Å². The largest absolute Gasteiger partial charge is 0.461 e. The van der Waals surface area contributed by atoms with Crippen molar-refractivity contribution in [1.82, 2.24) is 20.9 Å². The number of benzene rings is 1. The molecule has 1 fully saturated rings. The molecule has 0 aromatic heterocycles. The zero-order valence-corrected chi connectivity index (χ0v) is 20.4. The summed E-state index contributed by atoms with van der Waals surface area (Å²) in [5, 5.41) is 7.74. The molecule has 35 heavy (non-hydrogen) atoms. The highest BCUT2D eigenvalue weighted by molar-refractivity contribution is 5.95. The summed E-state index contributed by atoms with van der Waals surface area (Å²) in [4.78, 5) is 63.3. The van der Waals surface area contributed by atoms with E-state index in [1.54, 1.807) is 13.8 Å². The van der Waals surface area contributed by atoms with Gasteiger partial charge in [0.15, 0.2) is 0 Å². The summed E-state index contributed by atoms with van der Waals surface area (Å²) in [7, 11) is 0. The summed E-state index contributed by atoms with van der Waals surface area (Å²) >= 11 is 0. The normalized spacial score (nSPS) is 17.6. The lowest BCUT2D eigenvalue weighted by Crippen LogP contribution is -2.56. The van der Waals surface area contributed by atoms with Gasteiger partial charge in [0.2, 0.25) is 23.6 Å². The van der Waals surface area contributed by atoms with Crippen LogP contribution in [0, 0.1) is 0 Å². The van der Waals surface area contributed by atoms with Gasteiger partial charge in [-0.15, -0.1) is 0 Å². The lowest BCUT2D eigenvalue weighted by molar-refractivity contribution is -0.148. The van der Waals surface area contributed by atoms with Crippen molar-refractivity contribution in [2.24, 2.45) is 5.73 Å². The summed E-state index contributed by atoms with van der Waals surface area (Å²) in [6.45, 7) is 5.63. The van der Waals surface area contributed by atoms with E-state index in [0.29, 0.717) is 25.9 Å². The Kier molecular flexibility index (Phi) is 10.7. The number of likely N-dealkylation sites (tertiary alicyclic amines) is 1. The number of carbonyl (C=O) groups excluding carboxylic acids is 5. The first kappa shape index (κ1) is 27.8. The number of rotatable bonds is 11. The predicted octanol–water partition coefficient (Wildman–Crippen LogP) is -0.416. The fourth-order valence-electron chi connectivity index (χ4n) is 3.69. The number of nitrogens with two attached hydrogens (primary N) is 1. The van der Waals surface area contributed by atoms with Gasteiger partial charge in [-0.3, -0.25) is 24.0 Å². The van der Waals surface area contributed by atoms with E-state index in [1.165, 1.54) is 11.8 Å². The predicted molar refractivity (Wildman–Crippen MR) is 127 cm³/mol. The van der Waals surface area contributed by atoms with E-state index in [0.717, 1.165) is 5.56 Å². The van der Waals surface area contributed by atoms with Crippen molar-refractivity contribution in [3.8, 4) is 0 Å². The zero-order chi connectivity index (χ0) is 26.0. The topological polar surface area (TPSA) is 160 Å². The average Bonchev–Trinajstić information content (AvgIpc) is 3.33. The molecule has 0 radical (unpaired) electrons. The van der Waals surface area contributed by atoms with Crippen molar-refractivity contribution in [3.05, 3.63) is 35.9 Å². The van der Waals surface area contributed by atoms with Gasteiger partial charge in [-0.05, 0) is 39.2 Å². The van der Waals surface area contributed by atoms with Gasteiger partial charge in [0, 0.05) is 13.1 Å². The first-order valence-electron chi connectivity index (χ1n) is 11.8. The molecule has 4 atom stereocenters. The highest BCUT2D eigenvalue weighted by Gasteiger charge is 2.37. The lowest BCUT2D eigenvalue weighted by atomic mass is 10.1. The monoisotopic (exact) mass is 489 g/mol. The van der Waals surface area contributed by atoms with E-state index in [9.17, 15) is 24.0 Å². The second-order valence-corrected chi connectivity index (χ2v) is 8.50. The van der Waals surface area contributed by atoms with Gasteiger partial charge in [0.25, 0.3) is 0 Å². The number of likely N-dealkylation sites (N-methyl/N-ethyl adjacent to an activating group) is 1. The fraction of sp³-hybridized carbons (Fsp3) is 0.542. The minimum absolute atomic E-state index is 0.0774. The average molecular weight is 490 g/mol. The molecule has 1 aliphatic heterocycles. The molecule has 2 rings (SSSR count). The highest BCUT2D eigenvalue weighted by Crippen LogP contribution is 2.19. The maximum absolute atomic E-state index is 12.9. The molecule has 1 aliphatic rings. The number of nitrogens with one attached hydrogen (secondary N) is 3. The number of esters is 1. The van der Waals surface area contributed by atoms with Gasteiger partial charge in [-0.25, -0.2) is 0 Å². The molecule has 11 heteroatoms. The number of hydrogen-bond acceptors (Lipinski definition) is 7. The Morgan fingerprint density at radius 3 is 2.37 bits per heavy atom. The maximum atomic E-state index is 12.9. The summed E-state index contributed by atoms with van der Waals surface area (Å²) < 4.78 is 5.19. The molecule has 0 spiro atoms. The van der Waals surface area contributed by atoms with Crippen LogP contribution in [0.15, 0.2) is 30.3 Å². The van der Waals surface area contributed by atoms with Crippen LogP contribution in [0.4, 0.5) is 0 Å². The molecule has 1 aromatic carbocycles. The number of amides is 4. The van der Waals surface area contributed by atoms with Crippen LogP contribution in [-0.2, 0) is 35.3 Å². The molecular formula is C24H35N5O6. The maximum Gasteiger partial charge on any atom is 0.308 e. The second kappa shape index (κ2) is 13.4. The van der Waals surface area contributed by atoms with Gasteiger partial charge in [0.05, 0.1) is 12.5 Å². The first-order valence-corrected chi connectivity index (χ1v) is 11.8. The molecule has 5 N–H and O–H groups in total. The van der Waals surface area contributed by atoms with Crippen LogP contribution in [0.1, 0.15) is 45.6 Å². The molecule has 192 valence electrons. The SMILES string of the molecule is CCNC(=O)[C@H](C)NC(=O)[C@H](C)NC(=O)[C@@H]1CCCN1C(=O)[C@@H](N)CC(=O)OCc1ccccc1. The van der Waals surface area contributed by atoms with E-state index in [1.807, 2.05) is 30.3 Å². The molecule has 1 aromatic rings. The Balaban J connectivity index is 1.86. The zero-order valence-electron chi connectivity index (χ0n) is 20.4. The Hall–Kier alpha value is -3.47. The van der Waals surface area contributed by atoms with Gasteiger partial charge in [0.1, 0.15) is 24.7 Å². The van der Waals surface area contributed by atoms with Gasteiger partial charge in [-0.1, -0.05) is 30.3 Å². The lowest BCUT2D eigenvalue weighted by Gasteiger charge is -2.27. The summed E-state index contributed by atoms with van der Waals surface area (Å²) in [5.41, 5.74) is 6.78. The van der Waals surface area contributed by atoms with Crippen LogP contribution < -0.4 is 21.7 Å². The second-order valence-electron chi connectivity index (χ2n) is 8.50. The number of carbonyl (C=O) groups is 5. The first-order chi connectivity index (χ1) is 16.6. The Bertz CT molecular complexity index is 909.